The lowest BCUT2D eigenvalue weighted by molar-refractivity contribution is -0.139. The fourth-order valence-corrected chi connectivity index (χ4v) is 2.35. The van der Waals surface area contributed by atoms with Crippen molar-refractivity contribution < 1.29 is 13.9 Å². The molecule has 1 aromatic rings. The van der Waals surface area contributed by atoms with Crippen LogP contribution in [0, 0.1) is 12.7 Å². The Balaban J connectivity index is 2.06. The van der Waals surface area contributed by atoms with Crippen LogP contribution in [0.3, 0.4) is 0 Å². The number of aryl methyl sites for hydroxylation is 1. The molecule has 0 bridgehead atoms. The Kier molecular flexibility index (Phi) is 4.73. The molecule has 1 aromatic carbocycles. The van der Waals surface area contributed by atoms with Crippen molar-refractivity contribution >= 4 is 5.91 Å². The van der Waals surface area contributed by atoms with E-state index in [-0.39, 0.29) is 23.9 Å². The molecular formula is C15H21FN2O2. The van der Waals surface area contributed by atoms with Crippen molar-refractivity contribution in [2.75, 3.05) is 19.7 Å². The number of ether oxygens (including phenoxy) is 1. The third kappa shape index (κ3) is 3.55. The molecule has 5 heteroatoms. The first-order valence-corrected chi connectivity index (χ1v) is 6.88. The van der Waals surface area contributed by atoms with Crippen molar-refractivity contribution in [1.82, 2.24) is 4.90 Å². The van der Waals surface area contributed by atoms with E-state index < -0.39 is 0 Å². The third-order valence-corrected chi connectivity index (χ3v) is 3.47. The number of hydrogen-bond acceptors (Lipinski definition) is 3. The average Bonchev–Trinajstić information content (AvgIpc) is 2.41. The van der Waals surface area contributed by atoms with Crippen molar-refractivity contribution in [2.45, 2.75) is 32.4 Å². The molecule has 4 nitrogen and oxygen atoms in total. The first-order chi connectivity index (χ1) is 9.47. The van der Waals surface area contributed by atoms with Gasteiger partial charge in [0.05, 0.1) is 13.2 Å². The van der Waals surface area contributed by atoms with Gasteiger partial charge in [0.1, 0.15) is 11.9 Å². The highest BCUT2D eigenvalue weighted by Crippen LogP contribution is 2.24. The van der Waals surface area contributed by atoms with Crippen molar-refractivity contribution in [2.24, 2.45) is 5.73 Å². The Labute approximate surface area is 118 Å². The summed E-state index contributed by atoms with van der Waals surface area (Å²) in [5.41, 5.74) is 7.15. The van der Waals surface area contributed by atoms with E-state index in [4.69, 9.17) is 10.5 Å². The lowest BCUT2D eigenvalue weighted by Crippen LogP contribution is -2.43. The molecule has 0 saturated carbocycles. The van der Waals surface area contributed by atoms with Gasteiger partial charge in [-0.2, -0.15) is 0 Å². The fourth-order valence-electron chi connectivity index (χ4n) is 2.35. The van der Waals surface area contributed by atoms with Crippen LogP contribution in [0.4, 0.5) is 4.39 Å². The van der Waals surface area contributed by atoms with Crippen LogP contribution in [0.2, 0.25) is 0 Å². The molecule has 110 valence electrons. The number of amides is 1. The van der Waals surface area contributed by atoms with Crippen LogP contribution < -0.4 is 5.73 Å². The van der Waals surface area contributed by atoms with E-state index in [0.29, 0.717) is 31.7 Å². The van der Waals surface area contributed by atoms with Crippen LogP contribution in [-0.4, -0.2) is 36.5 Å². The van der Waals surface area contributed by atoms with Crippen molar-refractivity contribution in [1.29, 1.82) is 0 Å². The lowest BCUT2D eigenvalue weighted by Gasteiger charge is -2.33. The second-order valence-corrected chi connectivity index (χ2v) is 5.39. The second kappa shape index (κ2) is 6.33. The number of nitrogens with zero attached hydrogens (tertiary/aromatic N) is 1. The van der Waals surface area contributed by atoms with Gasteiger partial charge < -0.3 is 15.4 Å². The van der Waals surface area contributed by atoms with Crippen molar-refractivity contribution in [3.8, 4) is 0 Å². The minimum atomic E-state index is -0.227. The maximum atomic E-state index is 13.3. The number of carbonyl (C=O) groups excluding carboxylic acids is 1. The summed E-state index contributed by atoms with van der Waals surface area (Å²) in [6.45, 7) is 5.12. The van der Waals surface area contributed by atoms with E-state index in [1.807, 2.05) is 6.92 Å². The largest absolute Gasteiger partial charge is 0.370 e. The van der Waals surface area contributed by atoms with Gasteiger partial charge in [-0.15, -0.1) is 0 Å². The number of rotatable bonds is 3. The second-order valence-electron chi connectivity index (χ2n) is 5.39. The predicted molar refractivity (Wildman–Crippen MR) is 74.7 cm³/mol. The van der Waals surface area contributed by atoms with Gasteiger partial charge in [0, 0.05) is 19.0 Å². The highest BCUT2D eigenvalue weighted by atomic mass is 19.1. The average molecular weight is 280 g/mol. The first kappa shape index (κ1) is 14.9. The Morgan fingerprint density at radius 2 is 2.35 bits per heavy atom. The topological polar surface area (TPSA) is 55.6 Å². The lowest BCUT2D eigenvalue weighted by atomic mass is 10.0. The van der Waals surface area contributed by atoms with E-state index in [2.05, 4.69) is 0 Å². The van der Waals surface area contributed by atoms with Crippen LogP contribution >= 0.6 is 0 Å². The SMILES string of the molecule is Cc1cc(C2CN(C(=O)CC(C)N)CCO2)ccc1F. The molecule has 20 heavy (non-hydrogen) atoms. The Hall–Kier alpha value is -1.46. The molecule has 1 heterocycles. The number of benzene rings is 1. The minimum Gasteiger partial charge on any atom is -0.370 e. The molecule has 1 saturated heterocycles. The van der Waals surface area contributed by atoms with E-state index in [0.717, 1.165) is 5.56 Å². The fraction of sp³-hybridized carbons (Fsp3) is 0.533. The van der Waals surface area contributed by atoms with E-state index in [9.17, 15) is 9.18 Å². The summed E-state index contributed by atoms with van der Waals surface area (Å²) < 4.78 is 19.0. The van der Waals surface area contributed by atoms with Crippen LogP contribution in [0.1, 0.15) is 30.6 Å². The molecule has 0 aromatic heterocycles. The van der Waals surface area contributed by atoms with Gasteiger partial charge in [0.25, 0.3) is 0 Å². The molecule has 1 amide bonds. The molecule has 2 rings (SSSR count). The summed E-state index contributed by atoms with van der Waals surface area (Å²) in [6.07, 6.45) is 0.148. The zero-order chi connectivity index (χ0) is 14.7. The number of morpholine rings is 1. The van der Waals surface area contributed by atoms with Crippen LogP contribution in [0.15, 0.2) is 18.2 Å². The highest BCUT2D eigenvalue weighted by molar-refractivity contribution is 5.76. The highest BCUT2D eigenvalue weighted by Gasteiger charge is 2.25. The summed E-state index contributed by atoms with van der Waals surface area (Å²) >= 11 is 0. The smallest absolute Gasteiger partial charge is 0.224 e. The predicted octanol–water partition coefficient (Wildman–Crippen LogP) is 1.77. The minimum absolute atomic E-state index is 0.0483. The summed E-state index contributed by atoms with van der Waals surface area (Å²) in [5.74, 6) is -0.179. The Morgan fingerprint density at radius 3 is 3.00 bits per heavy atom. The van der Waals surface area contributed by atoms with Gasteiger partial charge in [-0.1, -0.05) is 12.1 Å². The monoisotopic (exact) mass is 280 g/mol. The zero-order valence-electron chi connectivity index (χ0n) is 11.9. The number of hydrogen-bond donors (Lipinski definition) is 1. The van der Waals surface area contributed by atoms with Gasteiger partial charge in [-0.3, -0.25) is 4.79 Å². The standard InChI is InChI=1S/C15H21FN2O2/c1-10-7-12(3-4-13(10)16)14-9-18(5-6-20-14)15(19)8-11(2)17/h3-4,7,11,14H,5-6,8-9,17H2,1-2H3. The van der Waals surface area contributed by atoms with Gasteiger partial charge in [0.15, 0.2) is 0 Å². The zero-order valence-corrected chi connectivity index (χ0v) is 11.9. The molecule has 0 spiro atoms. The van der Waals surface area contributed by atoms with E-state index in [1.54, 1.807) is 24.0 Å². The van der Waals surface area contributed by atoms with Gasteiger partial charge in [-0.25, -0.2) is 4.39 Å². The van der Waals surface area contributed by atoms with Gasteiger partial charge in [0.2, 0.25) is 5.91 Å². The summed E-state index contributed by atoms with van der Waals surface area (Å²) in [7, 11) is 0. The maximum absolute atomic E-state index is 13.3. The molecule has 2 N–H and O–H groups in total. The van der Waals surface area contributed by atoms with Crippen LogP contribution in [0.5, 0.6) is 0 Å². The maximum Gasteiger partial charge on any atom is 0.224 e. The van der Waals surface area contributed by atoms with Gasteiger partial charge >= 0.3 is 0 Å². The Morgan fingerprint density at radius 1 is 1.60 bits per heavy atom. The van der Waals surface area contributed by atoms with Crippen LogP contribution in [0.25, 0.3) is 0 Å². The first-order valence-electron chi connectivity index (χ1n) is 6.88. The van der Waals surface area contributed by atoms with Gasteiger partial charge in [-0.05, 0) is 31.0 Å². The molecule has 1 fully saturated rings. The molecule has 2 unspecified atom stereocenters. The Bertz CT molecular complexity index is 491. The summed E-state index contributed by atoms with van der Waals surface area (Å²) in [5, 5.41) is 0. The number of halogens is 1. The van der Waals surface area contributed by atoms with Crippen LogP contribution in [-0.2, 0) is 9.53 Å². The van der Waals surface area contributed by atoms with Crippen molar-refractivity contribution in [3.05, 3.63) is 35.1 Å². The van der Waals surface area contributed by atoms with E-state index in [1.165, 1.54) is 6.07 Å². The molecule has 0 radical (unpaired) electrons. The van der Waals surface area contributed by atoms with Crippen molar-refractivity contribution in [3.63, 3.8) is 0 Å². The molecule has 2 atom stereocenters. The number of nitrogens with two attached hydrogens (primary N) is 1. The summed E-state index contributed by atoms with van der Waals surface area (Å²) in [4.78, 5) is 13.8. The summed E-state index contributed by atoms with van der Waals surface area (Å²) in [6, 6.07) is 4.79. The quantitative estimate of drug-likeness (QED) is 0.918. The molecule has 0 aliphatic carbocycles. The van der Waals surface area contributed by atoms with E-state index >= 15 is 0 Å². The molecule has 1 aliphatic heterocycles. The number of carbonyl (C=O) groups is 1. The third-order valence-electron chi connectivity index (χ3n) is 3.47. The molecule has 1 aliphatic rings. The molecular weight excluding hydrogens is 259 g/mol. The normalized spacial score (nSPS) is 20.8.